The first kappa shape index (κ1) is 22.3. The summed E-state index contributed by atoms with van der Waals surface area (Å²) in [5.74, 6) is 12.9. The highest BCUT2D eigenvalue weighted by atomic mass is 16.5. The van der Waals surface area contributed by atoms with E-state index in [1.165, 1.54) is 0 Å². The summed E-state index contributed by atoms with van der Waals surface area (Å²) in [4.78, 5) is 0. The second-order valence-electron chi connectivity index (χ2n) is 6.11. The highest BCUT2D eigenvalue weighted by molar-refractivity contribution is 5.32. The molecule has 0 aromatic heterocycles. The first-order valence-corrected chi connectivity index (χ1v) is 9.32. The van der Waals surface area contributed by atoms with Crippen LogP contribution in [0.3, 0.4) is 0 Å². The van der Waals surface area contributed by atoms with Gasteiger partial charge < -0.3 is 24.4 Å². The summed E-state index contributed by atoms with van der Waals surface area (Å²) in [5, 5.41) is 20.1. The van der Waals surface area contributed by atoms with Gasteiger partial charge in [0.1, 0.15) is 23.7 Å². The molecule has 5 nitrogen and oxygen atoms in total. The molecule has 2 aromatic rings. The topological polar surface area (TPSA) is 68.2 Å². The molecule has 0 unspecified atom stereocenters. The van der Waals surface area contributed by atoms with E-state index in [9.17, 15) is 10.2 Å². The fraction of sp³-hybridized carbons (Fsp3) is 0.333. The zero-order valence-corrected chi connectivity index (χ0v) is 16.7. The van der Waals surface area contributed by atoms with Crippen molar-refractivity contribution in [3.63, 3.8) is 0 Å². The zero-order chi connectivity index (χ0) is 20.9. The normalized spacial score (nSPS) is 12.0. The minimum Gasteiger partial charge on any atom is -0.497 e. The third kappa shape index (κ3) is 7.89. The average molecular weight is 394 g/mol. The van der Waals surface area contributed by atoms with Crippen molar-refractivity contribution in [3.8, 4) is 35.2 Å². The smallest absolute Gasteiger partial charge is 0.140 e. The second-order valence-corrected chi connectivity index (χ2v) is 6.11. The van der Waals surface area contributed by atoms with Gasteiger partial charge in [-0.05, 0) is 35.4 Å². The van der Waals surface area contributed by atoms with Gasteiger partial charge in [-0.25, -0.2) is 0 Å². The third-order valence-corrected chi connectivity index (χ3v) is 4.08. The van der Waals surface area contributed by atoms with Gasteiger partial charge in [0, 0.05) is 12.8 Å². The fourth-order valence-electron chi connectivity index (χ4n) is 2.43. The molecule has 0 aliphatic rings. The summed E-state index contributed by atoms with van der Waals surface area (Å²) in [6, 6.07) is 14.3. The van der Waals surface area contributed by atoms with Gasteiger partial charge in [-0.15, -0.1) is 0 Å². The molecule has 2 rings (SSSR count). The van der Waals surface area contributed by atoms with Crippen molar-refractivity contribution < 1.29 is 24.4 Å². The molecular weight excluding hydrogens is 368 g/mol. The van der Waals surface area contributed by atoms with Crippen LogP contribution in [0.5, 0.6) is 11.5 Å². The summed E-state index contributed by atoms with van der Waals surface area (Å²) >= 11 is 0. The predicted molar refractivity (Wildman–Crippen MR) is 112 cm³/mol. The number of hydrogen-bond donors (Lipinski definition) is 2. The van der Waals surface area contributed by atoms with Crippen molar-refractivity contribution >= 4 is 0 Å². The van der Waals surface area contributed by atoms with Crippen LogP contribution in [0.25, 0.3) is 0 Å². The standard InChI is InChI=1S/C24H26O5/c1-27-21-13-9-19(10-14-21)23(25)7-3-5-17-29-18-6-4-8-24(26)20-11-15-22(28-2)16-12-20/h9-16,23-26H,5-6,17-18H2,1-2H3/t23-,24-/m1/s1. The van der Waals surface area contributed by atoms with E-state index in [4.69, 9.17) is 14.2 Å². The Morgan fingerprint density at radius 3 is 1.41 bits per heavy atom. The molecule has 0 amide bonds. The van der Waals surface area contributed by atoms with Gasteiger partial charge in [0.15, 0.2) is 0 Å². The number of rotatable bonds is 8. The van der Waals surface area contributed by atoms with Gasteiger partial charge in [-0.1, -0.05) is 47.9 Å². The van der Waals surface area contributed by atoms with Crippen molar-refractivity contribution in [1.82, 2.24) is 0 Å². The highest BCUT2D eigenvalue weighted by Gasteiger charge is 2.04. The first-order chi connectivity index (χ1) is 14.1. The van der Waals surface area contributed by atoms with Crippen molar-refractivity contribution in [2.24, 2.45) is 0 Å². The monoisotopic (exact) mass is 394 g/mol. The molecule has 0 heterocycles. The number of aliphatic hydroxyl groups excluding tert-OH is 2. The Labute approximate surface area is 172 Å². The number of methoxy groups -OCH3 is 2. The van der Waals surface area contributed by atoms with E-state index >= 15 is 0 Å². The first-order valence-electron chi connectivity index (χ1n) is 9.32. The molecule has 2 N–H and O–H groups in total. The van der Waals surface area contributed by atoms with E-state index in [0.717, 1.165) is 22.6 Å². The summed E-state index contributed by atoms with van der Waals surface area (Å²) in [6.45, 7) is 0.927. The minimum atomic E-state index is -0.828. The van der Waals surface area contributed by atoms with Crippen LogP contribution < -0.4 is 9.47 Å². The van der Waals surface area contributed by atoms with Crippen molar-refractivity contribution in [2.75, 3.05) is 27.4 Å². The quantitative estimate of drug-likeness (QED) is 0.531. The molecule has 2 atom stereocenters. The molecule has 0 saturated carbocycles. The van der Waals surface area contributed by atoms with Gasteiger partial charge >= 0.3 is 0 Å². The van der Waals surface area contributed by atoms with E-state index in [1.54, 1.807) is 62.8 Å². The Bertz CT molecular complexity index is 777. The van der Waals surface area contributed by atoms with Crippen LogP contribution in [-0.4, -0.2) is 37.6 Å². The fourth-order valence-corrected chi connectivity index (χ4v) is 2.43. The molecule has 2 aromatic carbocycles. The zero-order valence-electron chi connectivity index (χ0n) is 16.7. The molecule has 0 bridgehead atoms. The summed E-state index contributed by atoms with van der Waals surface area (Å²) < 4.78 is 15.6. The highest BCUT2D eigenvalue weighted by Crippen LogP contribution is 2.17. The average Bonchev–Trinajstić information content (AvgIpc) is 2.77. The molecule has 0 saturated heterocycles. The number of ether oxygens (including phenoxy) is 3. The molecular formula is C24H26O5. The van der Waals surface area contributed by atoms with Crippen LogP contribution in [-0.2, 0) is 4.74 Å². The molecule has 0 fully saturated rings. The maximum absolute atomic E-state index is 10.0. The van der Waals surface area contributed by atoms with Crippen LogP contribution in [0.2, 0.25) is 0 Å². The molecule has 29 heavy (non-hydrogen) atoms. The predicted octanol–water partition coefficient (Wildman–Crippen LogP) is 3.27. The van der Waals surface area contributed by atoms with Crippen LogP contribution in [0.1, 0.15) is 36.2 Å². The van der Waals surface area contributed by atoms with Crippen LogP contribution in [0, 0.1) is 23.7 Å². The summed E-state index contributed by atoms with van der Waals surface area (Å²) in [5.41, 5.74) is 1.45. The van der Waals surface area contributed by atoms with Gasteiger partial charge in [-0.2, -0.15) is 0 Å². The van der Waals surface area contributed by atoms with E-state index in [0.29, 0.717) is 26.1 Å². The van der Waals surface area contributed by atoms with Gasteiger partial charge in [0.25, 0.3) is 0 Å². The lowest BCUT2D eigenvalue weighted by atomic mass is 10.1. The number of benzene rings is 2. The third-order valence-electron chi connectivity index (χ3n) is 4.08. The van der Waals surface area contributed by atoms with E-state index in [1.807, 2.05) is 0 Å². The number of aliphatic hydroxyl groups is 2. The van der Waals surface area contributed by atoms with Crippen molar-refractivity contribution in [3.05, 3.63) is 59.7 Å². The lowest BCUT2D eigenvalue weighted by Crippen LogP contribution is -1.97. The molecule has 5 heteroatoms. The maximum atomic E-state index is 10.0. The van der Waals surface area contributed by atoms with Gasteiger partial charge in [0.2, 0.25) is 0 Å². The van der Waals surface area contributed by atoms with Gasteiger partial charge in [-0.3, -0.25) is 0 Å². The SMILES string of the molecule is COc1ccc([C@H](O)C#CCCOCCC#C[C@@H](O)c2ccc(OC)cc2)cc1. The molecule has 0 spiro atoms. The molecule has 0 radical (unpaired) electrons. The van der Waals surface area contributed by atoms with E-state index in [-0.39, 0.29) is 0 Å². The summed E-state index contributed by atoms with van der Waals surface area (Å²) in [6.07, 6.45) is -0.609. The van der Waals surface area contributed by atoms with Crippen molar-refractivity contribution in [1.29, 1.82) is 0 Å². The minimum absolute atomic E-state index is 0.463. The van der Waals surface area contributed by atoms with Crippen molar-refractivity contribution in [2.45, 2.75) is 25.0 Å². The Hall–Kier alpha value is -2.96. The Morgan fingerprint density at radius 1 is 0.690 bits per heavy atom. The van der Waals surface area contributed by atoms with Gasteiger partial charge in [0.05, 0.1) is 27.4 Å². The molecule has 152 valence electrons. The summed E-state index contributed by atoms with van der Waals surface area (Å²) in [7, 11) is 3.19. The molecule has 0 aliphatic carbocycles. The second kappa shape index (κ2) is 12.5. The van der Waals surface area contributed by atoms with Crippen LogP contribution >= 0.6 is 0 Å². The van der Waals surface area contributed by atoms with E-state index in [2.05, 4.69) is 23.7 Å². The lowest BCUT2D eigenvalue weighted by molar-refractivity contribution is 0.145. The molecule has 0 aliphatic heterocycles. The van der Waals surface area contributed by atoms with E-state index < -0.39 is 12.2 Å². The lowest BCUT2D eigenvalue weighted by Gasteiger charge is -2.05. The Kier molecular flexibility index (Phi) is 9.62. The largest absolute Gasteiger partial charge is 0.497 e. The number of hydrogen-bond acceptors (Lipinski definition) is 5. The Balaban J connectivity index is 1.62. The van der Waals surface area contributed by atoms with Crippen LogP contribution in [0.4, 0.5) is 0 Å². The van der Waals surface area contributed by atoms with Crippen LogP contribution in [0.15, 0.2) is 48.5 Å². The Morgan fingerprint density at radius 2 is 1.07 bits per heavy atom. The maximum Gasteiger partial charge on any atom is 0.140 e.